The molecule has 9 heteroatoms. The maximum atomic E-state index is 11.2. The van der Waals surface area contributed by atoms with Gasteiger partial charge in [0.05, 0.1) is 23.3 Å². The van der Waals surface area contributed by atoms with Gasteiger partial charge in [0.15, 0.2) is 5.65 Å². The molecular formula is C23H23N7O2. The first-order valence-electron chi connectivity index (χ1n) is 10.9. The van der Waals surface area contributed by atoms with Crippen LogP contribution in [-0.4, -0.2) is 48.3 Å². The molecule has 32 heavy (non-hydrogen) atoms. The number of fused-ring (bicyclic) bond motifs is 1. The van der Waals surface area contributed by atoms with E-state index in [1.54, 1.807) is 16.9 Å². The number of nitrogens with one attached hydrogen (secondary N) is 1. The van der Waals surface area contributed by atoms with E-state index in [1.165, 1.54) is 12.8 Å². The number of aryl methyl sites for hydroxylation is 1. The van der Waals surface area contributed by atoms with Crippen molar-refractivity contribution < 1.29 is 9.53 Å². The van der Waals surface area contributed by atoms with Gasteiger partial charge in [0, 0.05) is 34.8 Å². The predicted molar refractivity (Wildman–Crippen MR) is 118 cm³/mol. The number of carbonyl (C=O) groups excluding carboxylic acids is 1. The molecular weight excluding hydrogens is 406 g/mol. The fourth-order valence-corrected chi connectivity index (χ4v) is 4.82. The highest BCUT2D eigenvalue weighted by Gasteiger charge is 2.46. The molecule has 1 spiro atoms. The summed E-state index contributed by atoms with van der Waals surface area (Å²) in [5.74, 6) is 0.398. The average molecular weight is 429 g/mol. The van der Waals surface area contributed by atoms with Crippen LogP contribution in [0, 0.1) is 6.92 Å². The van der Waals surface area contributed by atoms with Crippen molar-refractivity contribution in [2.24, 2.45) is 0 Å². The summed E-state index contributed by atoms with van der Waals surface area (Å²) in [6.07, 6.45) is 8.56. The number of piperidine rings is 1. The Bertz CT molecular complexity index is 1320. The quantitative estimate of drug-likeness (QED) is 0.487. The first kappa shape index (κ1) is 19.1. The molecule has 1 saturated carbocycles. The third-order valence-corrected chi connectivity index (χ3v) is 6.69. The van der Waals surface area contributed by atoms with Gasteiger partial charge in [-0.2, -0.15) is 0 Å². The van der Waals surface area contributed by atoms with Crippen LogP contribution in [0.1, 0.15) is 37.4 Å². The van der Waals surface area contributed by atoms with Crippen molar-refractivity contribution in [1.29, 1.82) is 0 Å². The molecule has 0 bridgehead atoms. The van der Waals surface area contributed by atoms with Gasteiger partial charge in [-0.25, -0.2) is 4.68 Å². The van der Waals surface area contributed by atoms with Gasteiger partial charge < -0.3 is 14.6 Å². The van der Waals surface area contributed by atoms with E-state index in [-0.39, 0.29) is 0 Å². The Labute approximate surface area is 184 Å². The third kappa shape index (κ3) is 3.16. The van der Waals surface area contributed by atoms with E-state index >= 15 is 0 Å². The molecule has 4 aromatic rings. The summed E-state index contributed by atoms with van der Waals surface area (Å²) < 4.78 is 9.24. The topological polar surface area (TPSA) is 99.8 Å². The first-order valence-corrected chi connectivity index (χ1v) is 10.9. The monoisotopic (exact) mass is 429 g/mol. The average Bonchev–Trinajstić information content (AvgIpc) is 3.21. The van der Waals surface area contributed by atoms with Gasteiger partial charge in [0.25, 0.3) is 6.47 Å². The number of rotatable bonds is 5. The zero-order valence-electron chi connectivity index (χ0n) is 17.7. The maximum Gasteiger partial charge on any atom is 0.298 e. The smallest absolute Gasteiger partial charge is 0.298 e. The second-order valence-electron chi connectivity index (χ2n) is 8.77. The predicted octanol–water partition coefficient (Wildman–Crippen LogP) is 2.98. The van der Waals surface area contributed by atoms with Crippen LogP contribution in [0.4, 0.5) is 0 Å². The molecule has 1 N–H and O–H groups in total. The summed E-state index contributed by atoms with van der Waals surface area (Å²) in [6, 6.07) is 10.0. The SMILES string of the molecule is Cc1cnnn1-c1ccc(-c2cc3ccn([C@H]4CCNC5(CC5)C4)c3nn2)c(OC=O)c1. The molecule has 0 amide bonds. The lowest BCUT2D eigenvalue weighted by molar-refractivity contribution is -0.120. The molecule has 1 aromatic carbocycles. The van der Waals surface area contributed by atoms with Crippen molar-refractivity contribution in [3.05, 3.63) is 48.4 Å². The Morgan fingerprint density at radius 1 is 1.22 bits per heavy atom. The van der Waals surface area contributed by atoms with E-state index in [0.29, 0.717) is 35.1 Å². The van der Waals surface area contributed by atoms with E-state index < -0.39 is 0 Å². The molecule has 0 unspecified atom stereocenters. The summed E-state index contributed by atoms with van der Waals surface area (Å²) in [4.78, 5) is 11.2. The van der Waals surface area contributed by atoms with E-state index in [9.17, 15) is 4.79 Å². The number of aromatic nitrogens is 6. The summed E-state index contributed by atoms with van der Waals surface area (Å²) in [5.41, 5.74) is 4.21. The van der Waals surface area contributed by atoms with Crippen LogP contribution in [0.3, 0.4) is 0 Å². The lowest BCUT2D eigenvalue weighted by Crippen LogP contribution is -2.40. The minimum Gasteiger partial charge on any atom is -0.428 e. The number of ether oxygens (including phenoxy) is 1. The summed E-state index contributed by atoms with van der Waals surface area (Å²) in [5, 5.41) is 21.8. The molecule has 2 fully saturated rings. The van der Waals surface area contributed by atoms with Gasteiger partial charge in [-0.3, -0.25) is 4.79 Å². The van der Waals surface area contributed by atoms with Crippen LogP contribution in [0.25, 0.3) is 28.0 Å². The summed E-state index contributed by atoms with van der Waals surface area (Å²) >= 11 is 0. The Morgan fingerprint density at radius 2 is 2.12 bits per heavy atom. The minimum absolute atomic E-state index is 0.345. The van der Waals surface area contributed by atoms with E-state index in [0.717, 1.165) is 41.8 Å². The molecule has 1 atom stereocenters. The molecule has 1 aliphatic heterocycles. The van der Waals surface area contributed by atoms with Crippen molar-refractivity contribution in [3.8, 4) is 22.7 Å². The number of carbonyl (C=O) groups is 1. The van der Waals surface area contributed by atoms with Crippen molar-refractivity contribution in [3.63, 3.8) is 0 Å². The van der Waals surface area contributed by atoms with Crippen LogP contribution < -0.4 is 10.1 Å². The van der Waals surface area contributed by atoms with Crippen LogP contribution in [0.15, 0.2) is 42.7 Å². The van der Waals surface area contributed by atoms with E-state index in [1.807, 2.05) is 25.1 Å². The molecule has 2 aliphatic rings. The zero-order valence-corrected chi connectivity index (χ0v) is 17.7. The number of benzene rings is 1. The van der Waals surface area contributed by atoms with E-state index in [4.69, 9.17) is 4.74 Å². The Hall–Kier alpha value is -3.59. The molecule has 4 heterocycles. The largest absolute Gasteiger partial charge is 0.428 e. The van der Waals surface area contributed by atoms with Gasteiger partial charge in [-0.15, -0.1) is 15.3 Å². The molecule has 3 aromatic heterocycles. The molecule has 9 nitrogen and oxygen atoms in total. The normalized spacial score (nSPS) is 19.3. The fourth-order valence-electron chi connectivity index (χ4n) is 4.82. The highest BCUT2D eigenvalue weighted by molar-refractivity contribution is 5.82. The standard InChI is InChI=1S/C23H23N7O2/c1-15-13-25-28-30(15)17-2-3-19(21(11-17)32-14-31)20-10-16-5-9-29(22(16)27-26-20)18-4-8-24-23(12-18)6-7-23/h2-3,5,9-11,13-14,18,24H,4,6-8,12H2,1H3/t18-/m0/s1. The lowest BCUT2D eigenvalue weighted by atomic mass is 9.97. The molecule has 6 rings (SSSR count). The lowest BCUT2D eigenvalue weighted by Gasteiger charge is -2.31. The summed E-state index contributed by atoms with van der Waals surface area (Å²) in [7, 11) is 0. The number of nitrogens with zero attached hydrogens (tertiary/aromatic N) is 6. The number of hydrogen-bond acceptors (Lipinski definition) is 7. The summed E-state index contributed by atoms with van der Waals surface area (Å²) in [6.45, 7) is 3.37. The second kappa shape index (κ2) is 7.23. The Balaban J connectivity index is 1.36. The molecule has 0 radical (unpaired) electrons. The molecule has 1 aliphatic carbocycles. The Kier molecular flexibility index (Phi) is 4.32. The van der Waals surface area contributed by atoms with Crippen LogP contribution >= 0.6 is 0 Å². The van der Waals surface area contributed by atoms with Gasteiger partial charge in [-0.1, -0.05) is 5.21 Å². The van der Waals surface area contributed by atoms with Crippen LogP contribution in [0.5, 0.6) is 5.75 Å². The van der Waals surface area contributed by atoms with Gasteiger partial charge in [0.1, 0.15) is 5.75 Å². The highest BCUT2D eigenvalue weighted by atomic mass is 16.5. The number of hydrogen-bond donors (Lipinski definition) is 1. The van der Waals surface area contributed by atoms with Crippen LogP contribution in [-0.2, 0) is 4.79 Å². The first-order chi connectivity index (χ1) is 15.7. The minimum atomic E-state index is 0.345. The molecule has 162 valence electrons. The highest BCUT2D eigenvalue weighted by Crippen LogP contribution is 2.46. The van der Waals surface area contributed by atoms with Gasteiger partial charge in [0.2, 0.25) is 0 Å². The van der Waals surface area contributed by atoms with Gasteiger partial charge >= 0.3 is 0 Å². The van der Waals surface area contributed by atoms with E-state index in [2.05, 4.69) is 42.7 Å². The maximum absolute atomic E-state index is 11.2. The fraction of sp³-hybridized carbons (Fsp3) is 0.348. The second-order valence-corrected chi connectivity index (χ2v) is 8.77. The zero-order chi connectivity index (χ0) is 21.7. The third-order valence-electron chi connectivity index (χ3n) is 6.69. The van der Waals surface area contributed by atoms with Crippen molar-refractivity contribution in [1.82, 2.24) is 35.1 Å². The van der Waals surface area contributed by atoms with Gasteiger partial charge in [-0.05, 0) is 63.4 Å². The van der Waals surface area contributed by atoms with Crippen molar-refractivity contribution in [2.75, 3.05) is 6.54 Å². The molecule has 1 saturated heterocycles. The van der Waals surface area contributed by atoms with Crippen molar-refractivity contribution in [2.45, 2.75) is 44.2 Å². The van der Waals surface area contributed by atoms with Crippen molar-refractivity contribution >= 4 is 17.5 Å². The Morgan fingerprint density at radius 3 is 2.91 bits per heavy atom. The van der Waals surface area contributed by atoms with Crippen LogP contribution in [0.2, 0.25) is 0 Å².